The third-order valence-corrected chi connectivity index (χ3v) is 4.24. The zero-order chi connectivity index (χ0) is 18.0. The molecule has 0 spiro atoms. The van der Waals surface area contributed by atoms with E-state index in [1.807, 2.05) is 0 Å². The number of aromatic hydroxyl groups is 1. The third kappa shape index (κ3) is 3.22. The molecule has 8 nitrogen and oxygen atoms in total. The van der Waals surface area contributed by atoms with E-state index in [4.69, 9.17) is 9.84 Å². The van der Waals surface area contributed by atoms with Gasteiger partial charge in [-0.05, 0) is 25.1 Å². The van der Waals surface area contributed by atoms with Crippen LogP contribution in [0.4, 0.5) is 11.5 Å². The summed E-state index contributed by atoms with van der Waals surface area (Å²) in [6.45, 7) is 1.96. The summed E-state index contributed by atoms with van der Waals surface area (Å²) in [6, 6.07) is 4.05. The highest BCUT2D eigenvalue weighted by atomic mass is 32.1. The lowest BCUT2D eigenvalue weighted by Gasteiger charge is -2.09. The van der Waals surface area contributed by atoms with E-state index in [2.05, 4.69) is 15.3 Å². The molecule has 3 rings (SSSR count). The summed E-state index contributed by atoms with van der Waals surface area (Å²) in [7, 11) is 0. The zero-order valence-corrected chi connectivity index (χ0v) is 13.8. The van der Waals surface area contributed by atoms with Crippen LogP contribution in [0.15, 0.2) is 29.9 Å². The van der Waals surface area contributed by atoms with Crippen LogP contribution in [0.2, 0.25) is 0 Å². The lowest BCUT2D eigenvalue weighted by Crippen LogP contribution is -2.05. The van der Waals surface area contributed by atoms with Crippen molar-refractivity contribution in [2.24, 2.45) is 0 Å². The molecular weight excluding hydrogens is 346 g/mol. The van der Waals surface area contributed by atoms with Crippen molar-refractivity contribution in [2.45, 2.75) is 6.92 Å². The van der Waals surface area contributed by atoms with E-state index < -0.39 is 11.9 Å². The molecule has 0 saturated heterocycles. The van der Waals surface area contributed by atoms with Crippen LogP contribution in [0.5, 0.6) is 5.75 Å². The lowest BCUT2D eigenvalue weighted by molar-refractivity contribution is 0.0528. The van der Waals surface area contributed by atoms with Gasteiger partial charge in [-0.25, -0.2) is 19.6 Å². The van der Waals surface area contributed by atoms with E-state index in [0.29, 0.717) is 27.3 Å². The van der Waals surface area contributed by atoms with Gasteiger partial charge < -0.3 is 20.3 Å². The molecule has 9 heteroatoms. The topological polar surface area (TPSA) is 122 Å². The molecule has 0 fully saturated rings. The van der Waals surface area contributed by atoms with Crippen molar-refractivity contribution in [3.8, 4) is 5.75 Å². The van der Waals surface area contributed by atoms with Crippen molar-refractivity contribution in [3.63, 3.8) is 0 Å². The molecule has 0 aliphatic carbocycles. The quantitative estimate of drug-likeness (QED) is 0.469. The number of carboxylic acid groups (broad SMARTS) is 1. The first kappa shape index (κ1) is 16.7. The van der Waals surface area contributed by atoms with Gasteiger partial charge in [0.05, 0.1) is 17.6 Å². The van der Waals surface area contributed by atoms with Crippen molar-refractivity contribution in [2.75, 3.05) is 11.9 Å². The molecule has 25 heavy (non-hydrogen) atoms. The first-order valence-corrected chi connectivity index (χ1v) is 8.12. The Morgan fingerprint density at radius 3 is 2.80 bits per heavy atom. The van der Waals surface area contributed by atoms with Crippen LogP contribution in [0.25, 0.3) is 10.2 Å². The standard InChI is InChI=1S/C16H13N3O5S/c1-2-24-16(23)10-6-25-14-12(10)13(17-7-18-14)19-8-3-4-11(20)9(5-8)15(21)22/h3-7,20H,2H2,1H3,(H,21,22)(H,17,18,19). The summed E-state index contributed by atoms with van der Waals surface area (Å²) in [4.78, 5) is 32.1. The zero-order valence-electron chi connectivity index (χ0n) is 13.0. The van der Waals surface area contributed by atoms with Crippen molar-refractivity contribution in [1.29, 1.82) is 0 Å². The Bertz CT molecular complexity index is 970. The van der Waals surface area contributed by atoms with Gasteiger partial charge in [-0.2, -0.15) is 0 Å². The van der Waals surface area contributed by atoms with E-state index in [0.717, 1.165) is 0 Å². The van der Waals surface area contributed by atoms with Crippen LogP contribution in [0.3, 0.4) is 0 Å². The van der Waals surface area contributed by atoms with E-state index in [1.54, 1.807) is 12.3 Å². The second-order valence-electron chi connectivity index (χ2n) is 4.93. The highest BCUT2D eigenvalue weighted by Gasteiger charge is 2.19. The number of phenols is 1. The van der Waals surface area contributed by atoms with Gasteiger partial charge in [0.15, 0.2) is 0 Å². The van der Waals surface area contributed by atoms with E-state index in [9.17, 15) is 14.7 Å². The predicted octanol–water partition coefficient (Wildman–Crippen LogP) is 3.02. The Morgan fingerprint density at radius 2 is 2.08 bits per heavy atom. The maximum absolute atomic E-state index is 12.1. The molecule has 0 atom stereocenters. The second kappa shape index (κ2) is 6.73. The SMILES string of the molecule is CCOC(=O)c1csc2ncnc(Nc3ccc(O)c(C(=O)O)c3)c12. The first-order chi connectivity index (χ1) is 12.0. The molecule has 2 heterocycles. The Balaban J connectivity index is 2.05. The van der Waals surface area contributed by atoms with Gasteiger partial charge in [-0.3, -0.25) is 0 Å². The summed E-state index contributed by atoms with van der Waals surface area (Å²) in [5.41, 5.74) is 0.490. The molecule has 0 aliphatic heterocycles. The molecule has 128 valence electrons. The maximum Gasteiger partial charge on any atom is 0.339 e. The smallest absolute Gasteiger partial charge is 0.339 e. The van der Waals surface area contributed by atoms with Crippen LogP contribution in [-0.4, -0.2) is 38.7 Å². The minimum atomic E-state index is -1.25. The number of aromatic carboxylic acids is 1. The number of carboxylic acids is 1. The molecule has 0 bridgehead atoms. The fraction of sp³-hybridized carbons (Fsp3) is 0.125. The van der Waals surface area contributed by atoms with Crippen LogP contribution in [-0.2, 0) is 4.74 Å². The first-order valence-electron chi connectivity index (χ1n) is 7.24. The summed E-state index contributed by atoms with van der Waals surface area (Å²) >= 11 is 1.28. The summed E-state index contributed by atoms with van der Waals surface area (Å²) in [6.07, 6.45) is 1.34. The Hall–Kier alpha value is -3.20. The maximum atomic E-state index is 12.1. The number of hydrogen-bond acceptors (Lipinski definition) is 8. The van der Waals surface area contributed by atoms with Crippen LogP contribution in [0.1, 0.15) is 27.6 Å². The van der Waals surface area contributed by atoms with Gasteiger partial charge in [0, 0.05) is 11.1 Å². The van der Waals surface area contributed by atoms with Gasteiger partial charge in [0.2, 0.25) is 0 Å². The predicted molar refractivity (Wildman–Crippen MR) is 91.7 cm³/mol. The fourth-order valence-corrected chi connectivity index (χ4v) is 3.13. The summed E-state index contributed by atoms with van der Waals surface area (Å²) in [5.74, 6) is -1.73. The van der Waals surface area contributed by atoms with Gasteiger partial charge in [0.1, 0.15) is 28.3 Å². The van der Waals surface area contributed by atoms with Gasteiger partial charge >= 0.3 is 11.9 Å². The number of rotatable bonds is 5. The highest BCUT2D eigenvalue weighted by molar-refractivity contribution is 7.17. The number of nitrogens with zero attached hydrogens (tertiary/aromatic N) is 2. The molecule has 0 aliphatic rings. The number of hydrogen-bond donors (Lipinski definition) is 3. The molecule has 0 unspecified atom stereocenters. The number of carbonyl (C=O) groups is 2. The van der Waals surface area contributed by atoms with E-state index in [-0.39, 0.29) is 17.9 Å². The minimum Gasteiger partial charge on any atom is -0.507 e. The molecule has 0 radical (unpaired) electrons. The van der Waals surface area contributed by atoms with Crippen molar-refractivity contribution in [1.82, 2.24) is 9.97 Å². The number of esters is 1. The summed E-state index contributed by atoms with van der Waals surface area (Å²) in [5, 5.41) is 23.8. The molecular formula is C16H13N3O5S. The van der Waals surface area contributed by atoms with Crippen molar-refractivity contribution < 1.29 is 24.5 Å². The molecule has 2 aromatic heterocycles. The Morgan fingerprint density at radius 1 is 1.28 bits per heavy atom. The lowest BCUT2D eigenvalue weighted by atomic mass is 10.1. The number of aromatic nitrogens is 2. The second-order valence-corrected chi connectivity index (χ2v) is 5.79. The molecule has 0 saturated carbocycles. The number of fused-ring (bicyclic) bond motifs is 1. The monoisotopic (exact) mass is 359 g/mol. The fourth-order valence-electron chi connectivity index (χ4n) is 2.25. The minimum absolute atomic E-state index is 0.243. The van der Waals surface area contributed by atoms with E-state index >= 15 is 0 Å². The number of nitrogens with one attached hydrogen (secondary N) is 1. The van der Waals surface area contributed by atoms with Crippen LogP contribution in [0, 0.1) is 0 Å². The highest BCUT2D eigenvalue weighted by Crippen LogP contribution is 2.32. The van der Waals surface area contributed by atoms with Crippen molar-refractivity contribution >= 4 is 45.0 Å². The Labute approximate surface area is 145 Å². The van der Waals surface area contributed by atoms with Gasteiger partial charge in [0.25, 0.3) is 0 Å². The Kier molecular flexibility index (Phi) is 4.48. The third-order valence-electron chi connectivity index (χ3n) is 3.36. The number of carbonyl (C=O) groups excluding carboxylic acids is 1. The number of benzene rings is 1. The van der Waals surface area contributed by atoms with Gasteiger partial charge in [-0.15, -0.1) is 11.3 Å². The van der Waals surface area contributed by atoms with Gasteiger partial charge in [-0.1, -0.05) is 0 Å². The molecule has 3 N–H and O–H groups in total. The van der Waals surface area contributed by atoms with Crippen LogP contribution >= 0.6 is 11.3 Å². The largest absolute Gasteiger partial charge is 0.507 e. The molecule has 1 aromatic carbocycles. The average molecular weight is 359 g/mol. The number of thiophene rings is 1. The molecule has 0 amide bonds. The summed E-state index contributed by atoms with van der Waals surface area (Å²) < 4.78 is 5.04. The van der Waals surface area contributed by atoms with Crippen molar-refractivity contribution in [3.05, 3.63) is 41.0 Å². The van der Waals surface area contributed by atoms with Crippen LogP contribution < -0.4 is 5.32 Å². The molecule has 3 aromatic rings. The normalized spacial score (nSPS) is 10.6. The number of ether oxygens (including phenoxy) is 1. The van der Waals surface area contributed by atoms with E-state index in [1.165, 1.54) is 35.9 Å². The number of anilines is 2. The average Bonchev–Trinajstić information content (AvgIpc) is 3.02.